The number of nitrogens with zero attached hydrogens (tertiary/aromatic N) is 1. The number of carbonyl (C=O) groups excluding carboxylic acids is 1. The Morgan fingerprint density at radius 1 is 1.00 bits per heavy atom. The number of hydrogen-bond donors (Lipinski definition) is 3. The van der Waals surface area contributed by atoms with E-state index in [2.05, 4.69) is 21.6 Å². The van der Waals surface area contributed by atoms with Crippen LogP contribution in [0.1, 0.15) is 38.5 Å². The predicted molar refractivity (Wildman–Crippen MR) is 103 cm³/mol. The topological polar surface area (TPSA) is 90.9 Å². The Morgan fingerprint density at radius 2 is 1.59 bits per heavy atom. The number of nitrogens with one attached hydrogen (secondary N) is 2. The molecule has 1 aromatic rings. The molecule has 27 heavy (non-hydrogen) atoms. The van der Waals surface area contributed by atoms with Crippen LogP contribution in [-0.4, -0.2) is 49.4 Å². The van der Waals surface area contributed by atoms with Gasteiger partial charge in [-0.05, 0) is 50.7 Å². The summed E-state index contributed by atoms with van der Waals surface area (Å²) in [4.78, 5) is 25.6. The summed E-state index contributed by atoms with van der Waals surface area (Å²) in [7, 11) is 1.68. The highest BCUT2D eigenvalue weighted by Gasteiger charge is 2.28. The summed E-state index contributed by atoms with van der Waals surface area (Å²) < 4.78 is 5.44. The molecular formula is C20H29N3O4. The molecule has 1 saturated carbocycles. The number of methoxy groups -OCH3 is 1. The average Bonchev–Trinajstić information content (AvgIpc) is 2.69. The van der Waals surface area contributed by atoms with Crippen LogP contribution in [0.3, 0.4) is 0 Å². The molecule has 1 aliphatic carbocycles. The minimum atomic E-state index is -0.722. The maximum Gasteiger partial charge on any atom is 0.315 e. The molecule has 7 nitrogen and oxygen atoms in total. The molecule has 3 N–H and O–H groups in total. The minimum Gasteiger partial charge on any atom is -0.495 e. The second kappa shape index (κ2) is 8.97. The van der Waals surface area contributed by atoms with Crippen LogP contribution in [0.2, 0.25) is 0 Å². The van der Waals surface area contributed by atoms with Crippen LogP contribution in [0.5, 0.6) is 5.75 Å². The van der Waals surface area contributed by atoms with Crippen LogP contribution >= 0.6 is 0 Å². The lowest BCUT2D eigenvalue weighted by Crippen LogP contribution is -2.50. The number of hydrogen-bond acceptors (Lipinski definition) is 4. The van der Waals surface area contributed by atoms with Gasteiger partial charge in [-0.15, -0.1) is 0 Å². The Bertz CT molecular complexity index is 650. The molecule has 2 fully saturated rings. The van der Waals surface area contributed by atoms with E-state index >= 15 is 0 Å². The number of rotatable bonds is 5. The van der Waals surface area contributed by atoms with Gasteiger partial charge in [0, 0.05) is 25.2 Å². The Morgan fingerprint density at radius 3 is 2.19 bits per heavy atom. The molecule has 1 aromatic carbocycles. The lowest BCUT2D eigenvalue weighted by molar-refractivity contribution is -0.142. The van der Waals surface area contributed by atoms with Crippen molar-refractivity contribution in [1.29, 1.82) is 0 Å². The fraction of sp³-hybridized carbons (Fsp3) is 0.600. The number of aliphatic carboxylic acids is 1. The minimum absolute atomic E-state index is 0.0780. The van der Waals surface area contributed by atoms with Crippen LogP contribution in [0, 0.1) is 5.92 Å². The highest BCUT2D eigenvalue weighted by molar-refractivity contribution is 5.75. The highest BCUT2D eigenvalue weighted by atomic mass is 16.5. The van der Waals surface area contributed by atoms with Gasteiger partial charge in [0.15, 0.2) is 0 Å². The number of para-hydroxylation sites is 2. The second-order valence-electron chi connectivity index (χ2n) is 7.44. The summed E-state index contributed by atoms with van der Waals surface area (Å²) >= 11 is 0. The van der Waals surface area contributed by atoms with Gasteiger partial charge in [-0.25, -0.2) is 4.79 Å². The molecule has 0 atom stereocenters. The van der Waals surface area contributed by atoms with E-state index in [4.69, 9.17) is 9.84 Å². The number of piperidine rings is 1. The van der Waals surface area contributed by atoms with E-state index in [1.54, 1.807) is 7.11 Å². The quantitative estimate of drug-likeness (QED) is 0.736. The lowest BCUT2D eigenvalue weighted by atomic mass is 9.86. The van der Waals surface area contributed by atoms with E-state index in [-0.39, 0.29) is 24.0 Å². The van der Waals surface area contributed by atoms with Gasteiger partial charge in [-0.2, -0.15) is 0 Å². The smallest absolute Gasteiger partial charge is 0.315 e. The Labute approximate surface area is 160 Å². The largest absolute Gasteiger partial charge is 0.495 e. The van der Waals surface area contributed by atoms with Crippen molar-refractivity contribution in [2.24, 2.45) is 5.92 Å². The molecule has 0 unspecified atom stereocenters. The van der Waals surface area contributed by atoms with Gasteiger partial charge in [-0.1, -0.05) is 12.1 Å². The number of carboxylic acids is 1. The molecular weight excluding hydrogens is 346 g/mol. The number of benzene rings is 1. The number of amides is 2. The van der Waals surface area contributed by atoms with Gasteiger partial charge in [0.05, 0.1) is 18.7 Å². The number of anilines is 1. The van der Waals surface area contributed by atoms with Crippen molar-refractivity contribution in [2.45, 2.75) is 50.6 Å². The van der Waals surface area contributed by atoms with E-state index < -0.39 is 5.97 Å². The molecule has 1 saturated heterocycles. The lowest BCUT2D eigenvalue weighted by Gasteiger charge is -2.35. The molecule has 2 aliphatic rings. The van der Waals surface area contributed by atoms with E-state index in [1.165, 1.54) is 0 Å². The third kappa shape index (κ3) is 5.05. The third-order valence-electron chi connectivity index (χ3n) is 5.67. The molecule has 1 aliphatic heterocycles. The molecule has 0 bridgehead atoms. The van der Waals surface area contributed by atoms with Crippen molar-refractivity contribution in [3.63, 3.8) is 0 Å². The number of carboxylic acid groups (broad SMARTS) is 1. The maximum atomic E-state index is 12.3. The van der Waals surface area contributed by atoms with Crippen molar-refractivity contribution in [3.05, 3.63) is 24.3 Å². The van der Waals surface area contributed by atoms with Crippen LogP contribution in [0.25, 0.3) is 0 Å². The van der Waals surface area contributed by atoms with Gasteiger partial charge >= 0.3 is 12.0 Å². The first-order chi connectivity index (χ1) is 13.1. The van der Waals surface area contributed by atoms with Crippen LogP contribution in [0.4, 0.5) is 10.5 Å². The molecule has 3 rings (SSSR count). The van der Waals surface area contributed by atoms with Gasteiger partial charge in [0.1, 0.15) is 5.75 Å². The van der Waals surface area contributed by atoms with E-state index in [9.17, 15) is 9.59 Å². The Hall–Kier alpha value is -2.44. The molecule has 0 aromatic heterocycles. The van der Waals surface area contributed by atoms with Crippen molar-refractivity contribution in [3.8, 4) is 5.75 Å². The third-order valence-corrected chi connectivity index (χ3v) is 5.67. The van der Waals surface area contributed by atoms with E-state index in [0.717, 1.165) is 50.2 Å². The number of urea groups is 1. The van der Waals surface area contributed by atoms with Crippen molar-refractivity contribution < 1.29 is 19.4 Å². The van der Waals surface area contributed by atoms with E-state index in [0.29, 0.717) is 12.8 Å². The summed E-state index contributed by atoms with van der Waals surface area (Å²) in [6.45, 7) is 1.74. The molecule has 1 heterocycles. The zero-order valence-corrected chi connectivity index (χ0v) is 15.8. The van der Waals surface area contributed by atoms with Crippen LogP contribution in [-0.2, 0) is 4.79 Å². The predicted octanol–water partition coefficient (Wildman–Crippen LogP) is 2.61. The zero-order valence-electron chi connectivity index (χ0n) is 15.8. The average molecular weight is 375 g/mol. The van der Waals surface area contributed by atoms with Crippen molar-refractivity contribution >= 4 is 17.7 Å². The van der Waals surface area contributed by atoms with Crippen LogP contribution in [0.15, 0.2) is 24.3 Å². The summed E-state index contributed by atoms with van der Waals surface area (Å²) in [5, 5.41) is 15.1. The van der Waals surface area contributed by atoms with E-state index in [1.807, 2.05) is 18.2 Å². The summed E-state index contributed by atoms with van der Waals surface area (Å²) in [5.74, 6) is -0.108. The maximum absolute atomic E-state index is 12.3. The molecule has 0 radical (unpaired) electrons. The molecule has 7 heteroatoms. The zero-order chi connectivity index (χ0) is 19.2. The SMILES string of the molecule is COc1ccccc1N1CCC(NC(=O)NC2CCC(C(=O)O)CC2)CC1. The monoisotopic (exact) mass is 375 g/mol. The van der Waals surface area contributed by atoms with Gasteiger partial charge in [0.25, 0.3) is 0 Å². The van der Waals surface area contributed by atoms with Gasteiger partial charge in [0.2, 0.25) is 0 Å². The highest BCUT2D eigenvalue weighted by Crippen LogP contribution is 2.30. The second-order valence-corrected chi connectivity index (χ2v) is 7.44. The normalized spacial score (nSPS) is 23.5. The molecule has 148 valence electrons. The molecule has 2 amide bonds. The first-order valence-corrected chi connectivity index (χ1v) is 9.74. The standard InChI is InChI=1S/C20H29N3O4/c1-27-18-5-3-2-4-17(18)23-12-10-16(11-13-23)22-20(26)21-15-8-6-14(7-9-15)19(24)25/h2-5,14-16H,6-13H2,1H3,(H,24,25)(H2,21,22,26). The Kier molecular flexibility index (Phi) is 6.42. The first-order valence-electron chi connectivity index (χ1n) is 9.74. The summed E-state index contributed by atoms with van der Waals surface area (Å²) in [6.07, 6.45) is 4.51. The fourth-order valence-electron chi connectivity index (χ4n) is 4.05. The number of carbonyl (C=O) groups is 2. The first kappa shape index (κ1) is 19.3. The van der Waals surface area contributed by atoms with Gasteiger partial charge in [-0.3, -0.25) is 4.79 Å². The number of ether oxygens (including phenoxy) is 1. The Balaban J connectivity index is 1.41. The molecule has 0 spiro atoms. The summed E-state index contributed by atoms with van der Waals surface area (Å²) in [6, 6.07) is 8.10. The fourth-order valence-corrected chi connectivity index (χ4v) is 4.05. The summed E-state index contributed by atoms with van der Waals surface area (Å²) in [5.41, 5.74) is 1.10. The van der Waals surface area contributed by atoms with Crippen molar-refractivity contribution in [2.75, 3.05) is 25.1 Å². The van der Waals surface area contributed by atoms with Gasteiger partial charge < -0.3 is 25.4 Å². The van der Waals surface area contributed by atoms with Crippen LogP contribution < -0.4 is 20.3 Å². The van der Waals surface area contributed by atoms with Crippen molar-refractivity contribution in [1.82, 2.24) is 10.6 Å².